The van der Waals surface area contributed by atoms with Gasteiger partial charge in [0.05, 0.1) is 0 Å². The van der Waals surface area contributed by atoms with Crippen molar-refractivity contribution in [3.63, 3.8) is 0 Å². The van der Waals surface area contributed by atoms with E-state index >= 15 is 0 Å². The first-order chi connectivity index (χ1) is 10.5. The smallest absolute Gasteiger partial charge is 0.350 e. The van der Waals surface area contributed by atoms with Gasteiger partial charge in [0.2, 0.25) is 5.95 Å². The number of nitrogens with one attached hydrogen (secondary N) is 2. The van der Waals surface area contributed by atoms with Crippen LogP contribution in [-0.2, 0) is 6.18 Å². The van der Waals surface area contributed by atoms with E-state index in [1.807, 2.05) is 0 Å². The molecule has 0 fully saturated rings. The molecule has 0 aliphatic heterocycles. The van der Waals surface area contributed by atoms with Crippen molar-refractivity contribution in [1.29, 1.82) is 0 Å². The van der Waals surface area contributed by atoms with Gasteiger partial charge in [-0.1, -0.05) is 6.07 Å². The topological polar surface area (TPSA) is 49.8 Å². The predicted molar refractivity (Wildman–Crippen MR) is 80.1 cm³/mol. The van der Waals surface area contributed by atoms with Crippen LogP contribution in [0.4, 0.5) is 35.0 Å². The minimum atomic E-state index is -4.62. The Bertz CT molecular complexity index is 693. The highest BCUT2D eigenvalue weighted by molar-refractivity contribution is 5.57. The lowest BCUT2D eigenvalue weighted by molar-refractivity contribution is -0.141. The molecule has 0 spiro atoms. The normalized spacial score (nSPS) is 12.1. The molecule has 0 unspecified atom stereocenters. The van der Waals surface area contributed by atoms with Crippen LogP contribution in [0.2, 0.25) is 0 Å². The minimum absolute atomic E-state index is 0.0790. The van der Waals surface area contributed by atoms with E-state index in [2.05, 4.69) is 20.6 Å². The van der Waals surface area contributed by atoms with E-state index in [0.717, 1.165) is 12.1 Å². The van der Waals surface area contributed by atoms with Gasteiger partial charge in [0.15, 0.2) is 5.69 Å². The lowest BCUT2D eigenvalue weighted by atomic mass is 10.1. The summed E-state index contributed by atoms with van der Waals surface area (Å²) in [6.45, 7) is 5.32. The number of hydrogen-bond acceptors (Lipinski definition) is 4. The summed E-state index contributed by atoms with van der Waals surface area (Å²) in [5.74, 6) is -0.746. The fourth-order valence-electron chi connectivity index (χ4n) is 1.76. The van der Waals surface area contributed by atoms with Gasteiger partial charge in [-0.3, -0.25) is 0 Å². The van der Waals surface area contributed by atoms with Crippen LogP contribution in [0.1, 0.15) is 26.5 Å². The highest BCUT2D eigenvalue weighted by atomic mass is 19.4. The predicted octanol–water partition coefficient (Wildman–Crippen LogP) is 4.59. The number of hydrogen-bond donors (Lipinski definition) is 2. The summed E-state index contributed by atoms with van der Waals surface area (Å²) in [7, 11) is 0. The SMILES string of the molecule is CC(C)(C)Nc1nc(Nc2cccc(F)c2)cc(C(F)(F)F)n1. The third-order valence-electron chi connectivity index (χ3n) is 2.60. The first kappa shape index (κ1) is 17.0. The first-order valence-electron chi connectivity index (χ1n) is 6.80. The van der Waals surface area contributed by atoms with E-state index in [-0.39, 0.29) is 11.8 Å². The second-order valence-corrected chi connectivity index (χ2v) is 5.97. The fraction of sp³-hybridized carbons (Fsp3) is 0.333. The van der Waals surface area contributed by atoms with E-state index in [1.54, 1.807) is 20.8 Å². The van der Waals surface area contributed by atoms with Crippen molar-refractivity contribution >= 4 is 17.5 Å². The van der Waals surface area contributed by atoms with Crippen LogP contribution in [-0.4, -0.2) is 15.5 Å². The molecule has 2 aromatic rings. The Kier molecular flexibility index (Phi) is 4.44. The molecule has 0 saturated carbocycles. The van der Waals surface area contributed by atoms with Gasteiger partial charge < -0.3 is 10.6 Å². The maximum absolute atomic E-state index is 13.2. The fourth-order valence-corrected chi connectivity index (χ4v) is 1.76. The third-order valence-corrected chi connectivity index (χ3v) is 2.60. The molecular weight excluding hydrogens is 312 g/mol. The average Bonchev–Trinajstić information content (AvgIpc) is 2.35. The van der Waals surface area contributed by atoms with Crippen LogP contribution >= 0.6 is 0 Å². The maximum atomic E-state index is 13.2. The summed E-state index contributed by atoms with van der Waals surface area (Å²) in [5, 5.41) is 5.45. The Balaban J connectivity index is 2.39. The summed E-state index contributed by atoms with van der Waals surface area (Å²) >= 11 is 0. The van der Waals surface area contributed by atoms with Gasteiger partial charge in [0, 0.05) is 17.3 Å². The molecule has 0 amide bonds. The lowest BCUT2D eigenvalue weighted by Crippen LogP contribution is -2.28. The Morgan fingerprint density at radius 3 is 2.26 bits per heavy atom. The van der Waals surface area contributed by atoms with Crippen LogP contribution in [0.25, 0.3) is 0 Å². The number of benzene rings is 1. The molecule has 2 rings (SSSR count). The molecule has 0 aliphatic carbocycles. The quantitative estimate of drug-likeness (QED) is 0.809. The van der Waals surface area contributed by atoms with E-state index < -0.39 is 23.2 Å². The molecule has 0 aliphatic rings. The van der Waals surface area contributed by atoms with Crippen LogP contribution in [0, 0.1) is 5.82 Å². The second kappa shape index (κ2) is 6.02. The molecule has 0 bridgehead atoms. The van der Waals surface area contributed by atoms with Crippen molar-refractivity contribution in [2.24, 2.45) is 0 Å². The Morgan fingerprint density at radius 2 is 1.70 bits per heavy atom. The van der Waals surface area contributed by atoms with E-state index in [1.165, 1.54) is 18.2 Å². The molecule has 1 aromatic heterocycles. The van der Waals surface area contributed by atoms with Gasteiger partial charge in [-0.15, -0.1) is 0 Å². The molecule has 8 heteroatoms. The summed E-state index contributed by atoms with van der Waals surface area (Å²) < 4.78 is 52.1. The summed E-state index contributed by atoms with van der Waals surface area (Å²) in [5.41, 5.74) is -1.31. The van der Waals surface area contributed by atoms with E-state index in [0.29, 0.717) is 5.69 Å². The van der Waals surface area contributed by atoms with Crippen molar-refractivity contribution in [3.8, 4) is 0 Å². The van der Waals surface area contributed by atoms with Gasteiger partial charge in [0.1, 0.15) is 11.6 Å². The van der Waals surface area contributed by atoms with Crippen molar-refractivity contribution in [2.45, 2.75) is 32.5 Å². The number of nitrogens with zero attached hydrogens (tertiary/aromatic N) is 2. The minimum Gasteiger partial charge on any atom is -0.350 e. The summed E-state index contributed by atoms with van der Waals surface area (Å²) in [6.07, 6.45) is -4.62. The van der Waals surface area contributed by atoms with Crippen LogP contribution in [0.3, 0.4) is 0 Å². The Hall–Kier alpha value is -2.38. The molecule has 2 N–H and O–H groups in total. The van der Waals surface area contributed by atoms with Crippen molar-refractivity contribution < 1.29 is 17.6 Å². The molecule has 0 atom stereocenters. The summed E-state index contributed by atoms with van der Waals surface area (Å²) in [6, 6.07) is 6.14. The van der Waals surface area contributed by atoms with E-state index in [4.69, 9.17) is 0 Å². The average molecular weight is 328 g/mol. The zero-order valence-corrected chi connectivity index (χ0v) is 12.8. The largest absolute Gasteiger partial charge is 0.433 e. The molecule has 0 saturated heterocycles. The molecule has 4 nitrogen and oxygen atoms in total. The third kappa shape index (κ3) is 5.08. The highest BCUT2D eigenvalue weighted by Gasteiger charge is 2.34. The number of anilines is 3. The molecular formula is C15H16F4N4. The molecule has 124 valence electrons. The van der Waals surface area contributed by atoms with Crippen molar-refractivity contribution in [3.05, 3.63) is 41.8 Å². The zero-order valence-electron chi connectivity index (χ0n) is 12.8. The standard InChI is InChI=1S/C15H16F4N4/c1-14(2,3)23-13-21-11(15(17,18)19)8-12(22-13)20-10-6-4-5-9(16)7-10/h4-8H,1-3H3,(H2,20,21,22,23). The van der Waals surface area contributed by atoms with Gasteiger partial charge in [-0.25, -0.2) is 9.37 Å². The van der Waals surface area contributed by atoms with E-state index in [9.17, 15) is 17.6 Å². The highest BCUT2D eigenvalue weighted by Crippen LogP contribution is 2.31. The number of rotatable bonds is 3. The number of alkyl halides is 3. The second-order valence-electron chi connectivity index (χ2n) is 5.97. The van der Waals surface area contributed by atoms with Gasteiger partial charge in [-0.2, -0.15) is 18.2 Å². The Labute approximate surface area is 131 Å². The van der Waals surface area contributed by atoms with Crippen molar-refractivity contribution in [2.75, 3.05) is 10.6 Å². The van der Waals surface area contributed by atoms with Gasteiger partial charge in [0.25, 0.3) is 0 Å². The van der Waals surface area contributed by atoms with Crippen molar-refractivity contribution in [1.82, 2.24) is 9.97 Å². The molecule has 0 radical (unpaired) electrons. The first-order valence-corrected chi connectivity index (χ1v) is 6.80. The van der Waals surface area contributed by atoms with Crippen LogP contribution < -0.4 is 10.6 Å². The Morgan fingerprint density at radius 1 is 1.00 bits per heavy atom. The van der Waals surface area contributed by atoms with Gasteiger partial charge >= 0.3 is 6.18 Å². The summed E-state index contributed by atoms with van der Waals surface area (Å²) in [4.78, 5) is 7.49. The molecule has 23 heavy (non-hydrogen) atoms. The van der Waals surface area contributed by atoms with Crippen LogP contribution in [0.15, 0.2) is 30.3 Å². The number of aromatic nitrogens is 2. The maximum Gasteiger partial charge on any atom is 0.433 e. The van der Waals surface area contributed by atoms with Crippen LogP contribution in [0.5, 0.6) is 0 Å². The van der Waals surface area contributed by atoms with Gasteiger partial charge in [-0.05, 0) is 39.0 Å². The molecule has 1 heterocycles. The number of halogens is 4. The zero-order chi connectivity index (χ0) is 17.3. The monoisotopic (exact) mass is 328 g/mol. The lowest BCUT2D eigenvalue weighted by Gasteiger charge is -2.21. The molecule has 1 aromatic carbocycles.